The van der Waals surface area contributed by atoms with Gasteiger partial charge in [-0.1, -0.05) is 13.8 Å². The smallest absolute Gasteiger partial charge is 0.262 e. The van der Waals surface area contributed by atoms with E-state index < -0.39 is 24.9 Å². The normalized spacial score (nSPS) is 32.9. The number of carbonyl (C=O) groups is 1. The summed E-state index contributed by atoms with van der Waals surface area (Å²) in [6.07, 6.45) is 2.29. The maximum absolute atomic E-state index is 13.1. The van der Waals surface area contributed by atoms with Gasteiger partial charge in [-0.05, 0) is 19.3 Å². The van der Waals surface area contributed by atoms with E-state index in [2.05, 4.69) is 24.5 Å². The summed E-state index contributed by atoms with van der Waals surface area (Å²) in [4.78, 5) is 12.1. The van der Waals surface area contributed by atoms with Crippen LogP contribution >= 0.6 is 12.4 Å². The minimum Gasteiger partial charge on any atom is -0.381 e. The number of alkyl halides is 2. The average molecular weight is 327 g/mol. The van der Waals surface area contributed by atoms with E-state index in [-0.39, 0.29) is 35.9 Å². The second-order valence-electron chi connectivity index (χ2n) is 5.96. The second-order valence-corrected chi connectivity index (χ2v) is 5.96. The van der Waals surface area contributed by atoms with Crippen LogP contribution in [0.4, 0.5) is 8.78 Å². The van der Waals surface area contributed by atoms with Crippen molar-refractivity contribution in [3.8, 4) is 0 Å². The Bertz CT molecular complexity index is 378. The molecule has 1 saturated carbocycles. The molecular weight excluding hydrogens is 302 g/mol. The highest BCUT2D eigenvalue weighted by Crippen LogP contribution is 2.48. The molecule has 4 nitrogen and oxygen atoms in total. The van der Waals surface area contributed by atoms with Crippen molar-refractivity contribution >= 4 is 18.3 Å². The molecule has 2 rings (SSSR count). The zero-order valence-corrected chi connectivity index (χ0v) is 13.6. The third-order valence-electron chi connectivity index (χ3n) is 5.13. The van der Waals surface area contributed by atoms with Gasteiger partial charge in [0.2, 0.25) is 5.91 Å². The van der Waals surface area contributed by atoms with E-state index >= 15 is 0 Å². The first kappa shape index (κ1) is 18.6. The van der Waals surface area contributed by atoms with E-state index in [9.17, 15) is 13.6 Å². The first-order valence-electron chi connectivity index (χ1n) is 7.33. The maximum Gasteiger partial charge on any atom is 0.262 e. The van der Waals surface area contributed by atoms with Gasteiger partial charge in [-0.2, -0.15) is 0 Å². The van der Waals surface area contributed by atoms with Crippen LogP contribution in [0.25, 0.3) is 0 Å². The number of halogens is 3. The first-order valence-corrected chi connectivity index (χ1v) is 7.33. The van der Waals surface area contributed by atoms with Gasteiger partial charge in [-0.3, -0.25) is 10.1 Å². The molecule has 1 heterocycles. The summed E-state index contributed by atoms with van der Waals surface area (Å²) in [5.74, 6) is -3.09. The third-order valence-corrected chi connectivity index (χ3v) is 5.13. The Labute approximate surface area is 130 Å². The van der Waals surface area contributed by atoms with Crippen molar-refractivity contribution in [1.29, 1.82) is 0 Å². The molecule has 3 atom stereocenters. The van der Waals surface area contributed by atoms with Crippen molar-refractivity contribution in [2.75, 3.05) is 13.7 Å². The van der Waals surface area contributed by atoms with Crippen LogP contribution in [0.3, 0.4) is 0 Å². The van der Waals surface area contributed by atoms with Crippen molar-refractivity contribution in [2.24, 2.45) is 5.41 Å². The molecule has 1 aliphatic carbocycles. The molecule has 0 aromatic rings. The fourth-order valence-corrected chi connectivity index (χ4v) is 3.65. The van der Waals surface area contributed by atoms with Crippen LogP contribution in [0, 0.1) is 5.41 Å². The SMILES string of the molecule is CCC1(CC)C(NC(=O)C2CC(F)(F)CN2)CC1OC.Cl. The Morgan fingerprint density at radius 2 is 2.00 bits per heavy atom. The summed E-state index contributed by atoms with van der Waals surface area (Å²) < 4.78 is 31.7. The van der Waals surface area contributed by atoms with E-state index in [1.807, 2.05) is 0 Å². The molecule has 2 N–H and O–H groups in total. The van der Waals surface area contributed by atoms with E-state index in [0.29, 0.717) is 0 Å². The molecule has 21 heavy (non-hydrogen) atoms. The highest BCUT2D eigenvalue weighted by molar-refractivity contribution is 5.85. The Morgan fingerprint density at radius 1 is 1.38 bits per heavy atom. The summed E-state index contributed by atoms with van der Waals surface area (Å²) in [5, 5.41) is 5.53. The molecule has 0 radical (unpaired) electrons. The van der Waals surface area contributed by atoms with Crippen molar-refractivity contribution < 1.29 is 18.3 Å². The van der Waals surface area contributed by atoms with Crippen LogP contribution in [0.1, 0.15) is 39.5 Å². The number of ether oxygens (including phenoxy) is 1. The summed E-state index contributed by atoms with van der Waals surface area (Å²) in [7, 11) is 1.68. The van der Waals surface area contributed by atoms with Gasteiger partial charge in [0.15, 0.2) is 0 Å². The number of hydrogen-bond acceptors (Lipinski definition) is 3. The van der Waals surface area contributed by atoms with Gasteiger partial charge in [0.05, 0.1) is 18.7 Å². The lowest BCUT2D eigenvalue weighted by molar-refractivity contribution is -0.142. The predicted octanol–water partition coefficient (Wildman–Crippen LogP) is 2.12. The Kier molecular flexibility index (Phi) is 5.98. The molecule has 1 amide bonds. The van der Waals surface area contributed by atoms with E-state index in [1.54, 1.807) is 7.11 Å². The van der Waals surface area contributed by atoms with Crippen molar-refractivity contribution in [3.63, 3.8) is 0 Å². The van der Waals surface area contributed by atoms with Gasteiger partial charge in [0.1, 0.15) is 0 Å². The highest BCUT2D eigenvalue weighted by Gasteiger charge is 2.54. The quantitative estimate of drug-likeness (QED) is 0.813. The molecule has 0 aromatic carbocycles. The lowest BCUT2D eigenvalue weighted by Crippen LogP contribution is -2.65. The number of methoxy groups -OCH3 is 1. The summed E-state index contributed by atoms with van der Waals surface area (Å²) in [6.45, 7) is 3.74. The molecule has 1 saturated heterocycles. The number of carbonyl (C=O) groups excluding carboxylic acids is 1. The van der Waals surface area contributed by atoms with E-state index in [1.165, 1.54) is 0 Å². The fraction of sp³-hybridized carbons (Fsp3) is 0.929. The van der Waals surface area contributed by atoms with Crippen molar-refractivity contribution in [3.05, 3.63) is 0 Å². The monoisotopic (exact) mass is 326 g/mol. The van der Waals surface area contributed by atoms with Gasteiger partial charge in [-0.15, -0.1) is 12.4 Å². The molecule has 3 unspecified atom stereocenters. The number of amides is 1. The fourth-order valence-electron chi connectivity index (χ4n) is 3.65. The van der Waals surface area contributed by atoms with Crippen LogP contribution in [0.2, 0.25) is 0 Å². The average Bonchev–Trinajstić information content (AvgIpc) is 2.76. The highest BCUT2D eigenvalue weighted by atomic mass is 35.5. The molecule has 124 valence electrons. The minimum atomic E-state index is -2.77. The van der Waals surface area contributed by atoms with E-state index in [0.717, 1.165) is 19.3 Å². The van der Waals surface area contributed by atoms with Gasteiger partial charge in [-0.25, -0.2) is 8.78 Å². The van der Waals surface area contributed by atoms with Gasteiger partial charge in [0, 0.05) is 25.0 Å². The van der Waals surface area contributed by atoms with Gasteiger partial charge in [0.25, 0.3) is 5.92 Å². The standard InChI is InChI=1S/C14H24F2N2O2.ClH/c1-4-13(5-2)10(6-11(13)20-3)18-12(19)9-7-14(15,16)8-17-9;/h9-11,17H,4-8H2,1-3H3,(H,18,19);1H. The second kappa shape index (κ2) is 6.75. The van der Waals surface area contributed by atoms with E-state index in [4.69, 9.17) is 4.74 Å². The largest absolute Gasteiger partial charge is 0.381 e. The molecule has 0 aromatic heterocycles. The summed E-state index contributed by atoms with van der Waals surface area (Å²) in [6, 6.07) is -0.760. The first-order chi connectivity index (χ1) is 9.38. The molecule has 2 aliphatic rings. The Balaban J connectivity index is 0.00000220. The zero-order valence-electron chi connectivity index (χ0n) is 12.7. The Morgan fingerprint density at radius 3 is 2.43 bits per heavy atom. The van der Waals surface area contributed by atoms with Gasteiger partial charge < -0.3 is 10.1 Å². The van der Waals surface area contributed by atoms with Crippen LogP contribution in [-0.2, 0) is 9.53 Å². The molecule has 7 heteroatoms. The van der Waals surface area contributed by atoms with Crippen molar-refractivity contribution in [2.45, 2.75) is 63.6 Å². The topological polar surface area (TPSA) is 50.4 Å². The Hall–Kier alpha value is -0.460. The van der Waals surface area contributed by atoms with Gasteiger partial charge >= 0.3 is 0 Å². The molecular formula is C14H25ClF2N2O2. The van der Waals surface area contributed by atoms with Crippen LogP contribution in [0.5, 0.6) is 0 Å². The number of nitrogens with one attached hydrogen (secondary N) is 2. The summed E-state index contributed by atoms with van der Waals surface area (Å²) in [5.41, 5.74) is -0.0640. The zero-order chi connectivity index (χ0) is 15.0. The number of hydrogen-bond donors (Lipinski definition) is 2. The van der Waals surface area contributed by atoms with Crippen LogP contribution in [0.15, 0.2) is 0 Å². The molecule has 0 bridgehead atoms. The third kappa shape index (κ3) is 3.32. The molecule has 0 spiro atoms. The lowest BCUT2D eigenvalue weighted by atomic mass is 9.58. The molecule has 1 aliphatic heterocycles. The summed E-state index contributed by atoms with van der Waals surface area (Å²) >= 11 is 0. The number of rotatable bonds is 5. The predicted molar refractivity (Wildman–Crippen MR) is 79.0 cm³/mol. The lowest BCUT2D eigenvalue weighted by Gasteiger charge is -2.55. The maximum atomic E-state index is 13.1. The van der Waals surface area contributed by atoms with Crippen molar-refractivity contribution in [1.82, 2.24) is 10.6 Å². The minimum absolute atomic E-state index is 0. The molecule has 2 fully saturated rings. The van der Waals surface area contributed by atoms with Crippen LogP contribution < -0.4 is 10.6 Å². The van der Waals surface area contributed by atoms with Crippen LogP contribution in [-0.4, -0.2) is 43.7 Å².